The first-order valence-corrected chi connectivity index (χ1v) is 7.81. The van der Waals surface area contributed by atoms with Gasteiger partial charge < -0.3 is 10.8 Å². The van der Waals surface area contributed by atoms with E-state index < -0.39 is 6.10 Å². The maximum Gasteiger partial charge on any atom is 0.218 e. The van der Waals surface area contributed by atoms with Gasteiger partial charge in [-0.25, -0.2) is 0 Å². The van der Waals surface area contributed by atoms with E-state index >= 15 is 0 Å². The molecule has 2 rings (SSSR count). The first kappa shape index (κ1) is 15.5. The van der Waals surface area contributed by atoms with Crippen LogP contribution in [0.2, 0.25) is 0 Å². The topological polar surface area (TPSA) is 66.6 Å². The standard InChI is InChI=1S/C15H21BrN2O2/c16-12-6-4-11(5-7-12)14(19)10-18-8-2-1-3-13(18)9-15(17)20/h4-7,13-14,19H,1-3,8-10H2,(H2,17,20)/t13-,14-/m0/s1. The van der Waals surface area contributed by atoms with E-state index in [1.54, 1.807) is 0 Å². The fourth-order valence-corrected chi connectivity index (χ4v) is 3.04. The fourth-order valence-electron chi connectivity index (χ4n) is 2.78. The molecule has 1 aromatic carbocycles. The van der Waals surface area contributed by atoms with Crippen LogP contribution in [0.1, 0.15) is 37.4 Å². The molecule has 1 saturated heterocycles. The summed E-state index contributed by atoms with van der Waals surface area (Å²) in [6.45, 7) is 1.48. The molecule has 0 spiro atoms. The molecule has 1 amide bonds. The Kier molecular flexibility index (Phi) is 5.57. The molecule has 1 aliphatic rings. The van der Waals surface area contributed by atoms with Crippen LogP contribution in [0.15, 0.2) is 28.7 Å². The molecule has 20 heavy (non-hydrogen) atoms. The van der Waals surface area contributed by atoms with Crippen molar-refractivity contribution in [3.8, 4) is 0 Å². The summed E-state index contributed by atoms with van der Waals surface area (Å²) in [6.07, 6.45) is 3.07. The van der Waals surface area contributed by atoms with E-state index in [1.807, 2.05) is 24.3 Å². The third-order valence-electron chi connectivity index (χ3n) is 3.85. The minimum Gasteiger partial charge on any atom is -0.387 e. The van der Waals surface area contributed by atoms with E-state index in [1.165, 1.54) is 0 Å². The molecule has 0 bridgehead atoms. The summed E-state index contributed by atoms with van der Waals surface area (Å²) in [4.78, 5) is 13.3. The number of rotatable bonds is 5. The van der Waals surface area contributed by atoms with Gasteiger partial charge in [-0.05, 0) is 37.1 Å². The van der Waals surface area contributed by atoms with Crippen molar-refractivity contribution in [3.05, 3.63) is 34.3 Å². The molecule has 1 aromatic rings. The van der Waals surface area contributed by atoms with Crippen molar-refractivity contribution in [1.82, 2.24) is 4.90 Å². The third kappa shape index (κ3) is 4.30. The van der Waals surface area contributed by atoms with Crippen molar-refractivity contribution in [2.24, 2.45) is 5.73 Å². The molecule has 5 heteroatoms. The van der Waals surface area contributed by atoms with Gasteiger partial charge in [-0.1, -0.05) is 34.5 Å². The van der Waals surface area contributed by atoms with E-state index in [9.17, 15) is 9.90 Å². The molecular weight excluding hydrogens is 320 g/mol. The number of likely N-dealkylation sites (tertiary alicyclic amines) is 1. The number of hydrogen-bond acceptors (Lipinski definition) is 3. The summed E-state index contributed by atoms with van der Waals surface area (Å²) in [7, 11) is 0. The van der Waals surface area contributed by atoms with Gasteiger partial charge in [0.2, 0.25) is 5.91 Å². The number of nitrogens with two attached hydrogens (primary N) is 1. The largest absolute Gasteiger partial charge is 0.387 e. The highest BCUT2D eigenvalue weighted by molar-refractivity contribution is 9.10. The van der Waals surface area contributed by atoms with Crippen molar-refractivity contribution >= 4 is 21.8 Å². The zero-order valence-electron chi connectivity index (χ0n) is 11.5. The smallest absolute Gasteiger partial charge is 0.218 e. The number of carbonyl (C=O) groups excluding carboxylic acids is 1. The van der Waals surface area contributed by atoms with Crippen molar-refractivity contribution in [2.45, 2.75) is 37.8 Å². The van der Waals surface area contributed by atoms with Gasteiger partial charge in [-0.2, -0.15) is 0 Å². The van der Waals surface area contributed by atoms with Gasteiger partial charge in [-0.15, -0.1) is 0 Å². The molecule has 110 valence electrons. The van der Waals surface area contributed by atoms with Crippen LogP contribution in [0, 0.1) is 0 Å². The lowest BCUT2D eigenvalue weighted by atomic mass is 9.97. The number of aliphatic hydroxyl groups excluding tert-OH is 1. The number of amides is 1. The maximum atomic E-state index is 11.1. The molecule has 0 radical (unpaired) electrons. The van der Waals surface area contributed by atoms with E-state index in [0.717, 1.165) is 35.8 Å². The minimum absolute atomic E-state index is 0.173. The predicted octanol–water partition coefficient (Wildman–Crippen LogP) is 2.21. The second-order valence-corrected chi connectivity index (χ2v) is 6.30. The highest BCUT2D eigenvalue weighted by Crippen LogP contribution is 2.24. The molecule has 1 fully saturated rings. The number of aliphatic hydroxyl groups is 1. The van der Waals surface area contributed by atoms with Gasteiger partial charge in [0.15, 0.2) is 0 Å². The van der Waals surface area contributed by atoms with Gasteiger partial charge in [-0.3, -0.25) is 9.69 Å². The Morgan fingerprint density at radius 3 is 2.75 bits per heavy atom. The Morgan fingerprint density at radius 2 is 2.10 bits per heavy atom. The van der Waals surface area contributed by atoms with Gasteiger partial charge >= 0.3 is 0 Å². The maximum absolute atomic E-state index is 11.1. The number of piperidine rings is 1. The van der Waals surface area contributed by atoms with Gasteiger partial charge in [0.1, 0.15) is 0 Å². The Hall–Kier alpha value is -0.910. The Labute approximate surface area is 128 Å². The number of hydrogen-bond donors (Lipinski definition) is 2. The Morgan fingerprint density at radius 1 is 1.40 bits per heavy atom. The highest BCUT2D eigenvalue weighted by atomic mass is 79.9. The van der Waals surface area contributed by atoms with Crippen LogP contribution in [-0.4, -0.2) is 35.0 Å². The molecule has 1 aliphatic heterocycles. The summed E-state index contributed by atoms with van der Waals surface area (Å²) in [5, 5.41) is 10.3. The van der Waals surface area contributed by atoms with Crippen LogP contribution in [0.3, 0.4) is 0 Å². The lowest BCUT2D eigenvalue weighted by Gasteiger charge is -2.36. The normalized spacial score (nSPS) is 21.6. The number of carbonyl (C=O) groups is 1. The van der Waals surface area contributed by atoms with Gasteiger partial charge in [0.05, 0.1) is 6.10 Å². The van der Waals surface area contributed by atoms with Crippen LogP contribution in [0.4, 0.5) is 0 Å². The molecule has 1 heterocycles. The summed E-state index contributed by atoms with van der Waals surface area (Å²) in [6, 6.07) is 7.86. The lowest BCUT2D eigenvalue weighted by molar-refractivity contribution is -0.119. The number of benzene rings is 1. The Bertz CT molecular complexity index is 450. The molecule has 0 aromatic heterocycles. The average molecular weight is 341 g/mol. The minimum atomic E-state index is -0.531. The molecule has 4 nitrogen and oxygen atoms in total. The van der Waals surface area contributed by atoms with E-state index in [4.69, 9.17) is 5.73 Å². The van der Waals surface area contributed by atoms with Crippen molar-refractivity contribution in [1.29, 1.82) is 0 Å². The van der Waals surface area contributed by atoms with Crippen molar-refractivity contribution in [2.75, 3.05) is 13.1 Å². The van der Waals surface area contributed by atoms with E-state index in [-0.39, 0.29) is 11.9 Å². The number of halogens is 1. The summed E-state index contributed by atoms with van der Waals surface area (Å²) in [5.74, 6) is -0.264. The zero-order valence-corrected chi connectivity index (χ0v) is 13.1. The van der Waals surface area contributed by atoms with E-state index in [2.05, 4.69) is 20.8 Å². The second kappa shape index (κ2) is 7.20. The summed E-state index contributed by atoms with van der Waals surface area (Å²) < 4.78 is 0.998. The van der Waals surface area contributed by atoms with Crippen molar-refractivity contribution in [3.63, 3.8) is 0 Å². The summed E-state index contributed by atoms with van der Waals surface area (Å²) >= 11 is 3.39. The zero-order chi connectivity index (χ0) is 14.5. The highest BCUT2D eigenvalue weighted by Gasteiger charge is 2.25. The first-order valence-electron chi connectivity index (χ1n) is 7.02. The van der Waals surface area contributed by atoms with E-state index in [0.29, 0.717) is 13.0 Å². The number of nitrogens with zero attached hydrogens (tertiary/aromatic N) is 1. The molecule has 2 atom stereocenters. The van der Waals surface area contributed by atoms with Crippen LogP contribution >= 0.6 is 15.9 Å². The van der Waals surface area contributed by atoms with Crippen LogP contribution in [0.5, 0.6) is 0 Å². The molecule has 0 saturated carbocycles. The molecule has 0 aliphatic carbocycles. The molecule has 0 unspecified atom stereocenters. The van der Waals surface area contributed by atoms with Crippen molar-refractivity contribution < 1.29 is 9.90 Å². The Balaban J connectivity index is 1.98. The molecular formula is C15H21BrN2O2. The number of β-amino-alcohol motifs (C(OH)–C–C–N with tert-alkyl or cyclic N) is 1. The monoisotopic (exact) mass is 340 g/mol. The SMILES string of the molecule is NC(=O)C[C@@H]1CCCCN1C[C@H](O)c1ccc(Br)cc1. The lowest BCUT2D eigenvalue weighted by Crippen LogP contribution is -2.43. The van der Waals surface area contributed by atoms with Crippen LogP contribution in [-0.2, 0) is 4.79 Å². The number of primary amides is 1. The fraction of sp³-hybridized carbons (Fsp3) is 0.533. The second-order valence-electron chi connectivity index (χ2n) is 5.38. The summed E-state index contributed by atoms with van der Waals surface area (Å²) in [5.41, 5.74) is 6.21. The molecule has 3 N–H and O–H groups in total. The van der Waals surface area contributed by atoms with Gasteiger partial charge in [0.25, 0.3) is 0 Å². The average Bonchev–Trinajstić information content (AvgIpc) is 2.41. The first-order chi connectivity index (χ1) is 9.56. The third-order valence-corrected chi connectivity index (χ3v) is 4.38. The van der Waals surface area contributed by atoms with Crippen LogP contribution in [0.25, 0.3) is 0 Å². The van der Waals surface area contributed by atoms with Crippen LogP contribution < -0.4 is 5.73 Å². The van der Waals surface area contributed by atoms with Gasteiger partial charge in [0, 0.05) is 23.5 Å². The predicted molar refractivity (Wildman–Crippen MR) is 82.1 cm³/mol. The quantitative estimate of drug-likeness (QED) is 0.863.